The SMILES string of the molecule is CN1CCN(Cc2ccc(F)c(N(C)CC(=O)O)c2)CC1. The average molecular weight is 295 g/mol. The molecular weight excluding hydrogens is 273 g/mol. The number of piperazine rings is 1. The zero-order valence-electron chi connectivity index (χ0n) is 12.5. The number of rotatable bonds is 5. The van der Waals surface area contributed by atoms with Crippen LogP contribution in [-0.2, 0) is 11.3 Å². The number of anilines is 1. The minimum absolute atomic E-state index is 0.213. The van der Waals surface area contributed by atoms with Gasteiger partial charge in [-0.25, -0.2) is 4.39 Å². The maximum atomic E-state index is 13.8. The number of likely N-dealkylation sites (N-methyl/N-ethyl adjacent to an activating group) is 2. The molecule has 1 aliphatic heterocycles. The van der Waals surface area contributed by atoms with Crippen LogP contribution in [0.5, 0.6) is 0 Å². The van der Waals surface area contributed by atoms with Gasteiger partial charge < -0.3 is 14.9 Å². The summed E-state index contributed by atoms with van der Waals surface area (Å²) in [5.41, 5.74) is 1.34. The van der Waals surface area contributed by atoms with Crippen molar-refractivity contribution in [1.82, 2.24) is 9.80 Å². The summed E-state index contributed by atoms with van der Waals surface area (Å²) >= 11 is 0. The fourth-order valence-electron chi connectivity index (χ4n) is 2.50. The van der Waals surface area contributed by atoms with Gasteiger partial charge in [-0.05, 0) is 24.7 Å². The highest BCUT2D eigenvalue weighted by Gasteiger charge is 2.16. The average Bonchev–Trinajstić information content (AvgIpc) is 2.42. The maximum Gasteiger partial charge on any atom is 0.323 e. The van der Waals surface area contributed by atoms with Gasteiger partial charge >= 0.3 is 5.97 Å². The molecule has 2 rings (SSSR count). The van der Waals surface area contributed by atoms with E-state index < -0.39 is 5.97 Å². The maximum absolute atomic E-state index is 13.8. The summed E-state index contributed by atoms with van der Waals surface area (Å²) in [5, 5.41) is 8.81. The molecule has 0 aromatic heterocycles. The summed E-state index contributed by atoms with van der Waals surface area (Å²) in [6, 6.07) is 4.93. The van der Waals surface area contributed by atoms with Crippen molar-refractivity contribution in [2.45, 2.75) is 6.54 Å². The van der Waals surface area contributed by atoms with Crippen molar-refractivity contribution < 1.29 is 14.3 Å². The Bertz CT molecular complexity index is 502. The van der Waals surface area contributed by atoms with E-state index in [0.717, 1.165) is 38.3 Å². The molecule has 0 atom stereocenters. The van der Waals surface area contributed by atoms with E-state index in [-0.39, 0.29) is 12.4 Å². The highest BCUT2D eigenvalue weighted by molar-refractivity contribution is 5.73. The second-order valence-electron chi connectivity index (χ2n) is 5.61. The molecule has 1 aliphatic rings. The van der Waals surface area contributed by atoms with Gasteiger partial charge in [-0.15, -0.1) is 0 Å². The fourth-order valence-corrected chi connectivity index (χ4v) is 2.50. The minimum Gasteiger partial charge on any atom is -0.480 e. The van der Waals surface area contributed by atoms with Crippen LogP contribution in [0.3, 0.4) is 0 Å². The van der Waals surface area contributed by atoms with Crippen LogP contribution in [0.25, 0.3) is 0 Å². The summed E-state index contributed by atoms with van der Waals surface area (Å²) in [6.45, 7) is 4.61. The molecule has 0 unspecified atom stereocenters. The van der Waals surface area contributed by atoms with Gasteiger partial charge in [0.2, 0.25) is 0 Å². The third-order valence-electron chi connectivity index (χ3n) is 3.80. The van der Waals surface area contributed by atoms with E-state index in [0.29, 0.717) is 5.69 Å². The molecule has 0 amide bonds. The molecule has 5 nitrogen and oxygen atoms in total. The first-order valence-corrected chi connectivity index (χ1v) is 7.08. The number of benzene rings is 1. The Kier molecular flexibility index (Phi) is 5.14. The summed E-state index contributed by atoms with van der Waals surface area (Å²) < 4.78 is 13.8. The Balaban J connectivity index is 2.05. The van der Waals surface area contributed by atoms with Gasteiger partial charge in [-0.2, -0.15) is 0 Å². The lowest BCUT2D eigenvalue weighted by atomic mass is 10.1. The highest BCUT2D eigenvalue weighted by atomic mass is 19.1. The van der Waals surface area contributed by atoms with Crippen molar-refractivity contribution >= 4 is 11.7 Å². The molecule has 0 aliphatic carbocycles. The quantitative estimate of drug-likeness (QED) is 0.881. The molecule has 21 heavy (non-hydrogen) atoms. The van der Waals surface area contributed by atoms with Gasteiger partial charge in [0.15, 0.2) is 0 Å². The molecule has 0 saturated carbocycles. The molecule has 116 valence electrons. The predicted octanol–water partition coefficient (Wildman–Crippen LogP) is 1.09. The van der Waals surface area contributed by atoms with E-state index >= 15 is 0 Å². The second-order valence-corrected chi connectivity index (χ2v) is 5.61. The van der Waals surface area contributed by atoms with E-state index in [9.17, 15) is 9.18 Å². The van der Waals surface area contributed by atoms with Crippen LogP contribution in [0.2, 0.25) is 0 Å². The van der Waals surface area contributed by atoms with E-state index in [1.54, 1.807) is 19.2 Å². The molecule has 0 spiro atoms. The van der Waals surface area contributed by atoms with Crippen molar-refractivity contribution in [2.75, 3.05) is 51.7 Å². The number of carbonyl (C=O) groups is 1. The minimum atomic E-state index is -0.971. The Morgan fingerprint density at radius 2 is 2.00 bits per heavy atom. The molecule has 1 saturated heterocycles. The topological polar surface area (TPSA) is 47.0 Å². The molecule has 1 heterocycles. The number of hydrogen-bond acceptors (Lipinski definition) is 4. The van der Waals surface area contributed by atoms with Gasteiger partial charge in [-0.1, -0.05) is 6.07 Å². The molecule has 0 bridgehead atoms. The lowest BCUT2D eigenvalue weighted by molar-refractivity contribution is -0.135. The number of nitrogens with zero attached hydrogens (tertiary/aromatic N) is 3. The molecular formula is C15H22FN3O2. The molecule has 6 heteroatoms. The van der Waals surface area contributed by atoms with Crippen LogP contribution >= 0.6 is 0 Å². The largest absolute Gasteiger partial charge is 0.480 e. The first-order valence-electron chi connectivity index (χ1n) is 7.08. The van der Waals surface area contributed by atoms with E-state index in [1.165, 1.54) is 11.0 Å². The van der Waals surface area contributed by atoms with Crippen molar-refractivity contribution in [2.24, 2.45) is 0 Å². The number of hydrogen-bond donors (Lipinski definition) is 1. The summed E-state index contributed by atoms with van der Waals surface area (Å²) in [5.74, 6) is -1.36. The standard InChI is InChI=1S/C15H22FN3O2/c1-17-5-7-19(8-6-17)10-12-3-4-13(16)14(9-12)18(2)11-15(20)21/h3-4,9H,5-8,10-11H2,1-2H3,(H,20,21). The number of aliphatic carboxylic acids is 1. The van der Waals surface area contributed by atoms with Crippen molar-refractivity contribution in [1.29, 1.82) is 0 Å². The van der Waals surface area contributed by atoms with Crippen LogP contribution in [0.4, 0.5) is 10.1 Å². The van der Waals surface area contributed by atoms with Crippen molar-refractivity contribution in [3.8, 4) is 0 Å². The summed E-state index contributed by atoms with van der Waals surface area (Å²) in [6.07, 6.45) is 0. The van der Waals surface area contributed by atoms with Gasteiger partial charge in [0.1, 0.15) is 12.4 Å². The first kappa shape index (κ1) is 15.7. The first-order chi connectivity index (χ1) is 9.95. The second kappa shape index (κ2) is 6.87. The fraction of sp³-hybridized carbons (Fsp3) is 0.533. The molecule has 1 aromatic rings. The van der Waals surface area contributed by atoms with E-state index in [2.05, 4.69) is 16.8 Å². The summed E-state index contributed by atoms with van der Waals surface area (Å²) in [7, 11) is 3.69. The highest BCUT2D eigenvalue weighted by Crippen LogP contribution is 2.21. The van der Waals surface area contributed by atoms with Gasteiger partial charge in [0.25, 0.3) is 0 Å². The van der Waals surface area contributed by atoms with Crippen molar-refractivity contribution in [3.63, 3.8) is 0 Å². The van der Waals surface area contributed by atoms with E-state index in [1.807, 2.05) is 0 Å². The van der Waals surface area contributed by atoms with Gasteiger partial charge in [-0.3, -0.25) is 9.69 Å². The monoisotopic (exact) mass is 295 g/mol. The van der Waals surface area contributed by atoms with E-state index in [4.69, 9.17) is 5.11 Å². The Hall–Kier alpha value is -1.66. The molecule has 1 fully saturated rings. The molecule has 0 radical (unpaired) electrons. The normalized spacial score (nSPS) is 16.9. The Labute approximate surface area is 124 Å². The van der Waals surface area contributed by atoms with Crippen LogP contribution in [0.1, 0.15) is 5.56 Å². The van der Waals surface area contributed by atoms with Gasteiger partial charge in [0, 0.05) is 39.8 Å². The third-order valence-corrected chi connectivity index (χ3v) is 3.80. The number of halogens is 1. The Morgan fingerprint density at radius 3 is 2.62 bits per heavy atom. The third kappa shape index (κ3) is 4.41. The zero-order valence-corrected chi connectivity index (χ0v) is 12.5. The zero-order chi connectivity index (χ0) is 15.4. The van der Waals surface area contributed by atoms with Crippen molar-refractivity contribution in [3.05, 3.63) is 29.6 Å². The van der Waals surface area contributed by atoms with Gasteiger partial charge in [0.05, 0.1) is 5.69 Å². The van der Waals surface area contributed by atoms with Crippen LogP contribution in [0.15, 0.2) is 18.2 Å². The smallest absolute Gasteiger partial charge is 0.323 e. The molecule has 1 aromatic carbocycles. The Morgan fingerprint density at radius 1 is 1.33 bits per heavy atom. The van der Waals surface area contributed by atoms with Crippen LogP contribution in [-0.4, -0.2) is 67.7 Å². The lowest BCUT2D eigenvalue weighted by Crippen LogP contribution is -2.43. The number of carboxylic acids is 1. The lowest BCUT2D eigenvalue weighted by Gasteiger charge is -2.32. The van der Waals surface area contributed by atoms with Crippen LogP contribution in [0, 0.1) is 5.82 Å². The summed E-state index contributed by atoms with van der Waals surface area (Å²) in [4.78, 5) is 16.8. The number of carboxylic acid groups (broad SMARTS) is 1. The molecule has 1 N–H and O–H groups in total. The van der Waals surface area contributed by atoms with Crippen LogP contribution < -0.4 is 4.90 Å². The predicted molar refractivity (Wildman–Crippen MR) is 80.1 cm³/mol.